The van der Waals surface area contributed by atoms with Crippen LogP contribution in [0.25, 0.3) is 0 Å². The zero-order chi connectivity index (χ0) is 15.0. The number of quaternary nitrogens is 1. The zero-order valence-electron chi connectivity index (χ0n) is 11.9. The average Bonchev–Trinajstić information content (AvgIpc) is 2.94. The van der Waals surface area contributed by atoms with Crippen LogP contribution in [0, 0.1) is 0 Å². The van der Waals surface area contributed by atoms with Gasteiger partial charge in [0.1, 0.15) is 11.8 Å². The average molecular weight is 307 g/mol. The van der Waals surface area contributed by atoms with Gasteiger partial charge in [0.15, 0.2) is 16.4 Å². The number of nitrogens with two attached hydrogens (primary N) is 1. The van der Waals surface area contributed by atoms with Crippen molar-refractivity contribution >= 4 is 21.4 Å². The number of amides is 1. The first-order chi connectivity index (χ1) is 9.96. The van der Waals surface area contributed by atoms with Crippen LogP contribution in [0.2, 0.25) is 0 Å². The summed E-state index contributed by atoms with van der Waals surface area (Å²) >= 11 is 0. The van der Waals surface area contributed by atoms with Crippen LogP contribution in [0.15, 0.2) is 35.7 Å². The van der Waals surface area contributed by atoms with Crippen molar-refractivity contribution in [3.8, 4) is 0 Å². The molecule has 2 N–H and O–H groups in total. The molecule has 6 heteroatoms. The maximum atomic E-state index is 12.5. The van der Waals surface area contributed by atoms with Gasteiger partial charge in [0, 0.05) is 17.1 Å². The number of carbonyl (C=O) groups excluding carboxylic acids is 1. The number of para-hydroxylation sites is 1. The first kappa shape index (κ1) is 14.3. The number of hydrogen-bond donors (Lipinski definition) is 1. The first-order valence-electron chi connectivity index (χ1n) is 7.10. The Morgan fingerprint density at radius 3 is 2.86 bits per heavy atom. The van der Waals surface area contributed by atoms with Gasteiger partial charge in [-0.1, -0.05) is 18.2 Å². The van der Waals surface area contributed by atoms with Gasteiger partial charge in [-0.15, -0.1) is 0 Å². The zero-order valence-corrected chi connectivity index (χ0v) is 12.7. The lowest BCUT2D eigenvalue weighted by molar-refractivity contribution is -0.664. The van der Waals surface area contributed by atoms with Gasteiger partial charge in [-0.2, -0.15) is 0 Å². The van der Waals surface area contributed by atoms with Crippen molar-refractivity contribution in [3.63, 3.8) is 0 Å². The maximum absolute atomic E-state index is 12.5. The number of hydrogen-bond acceptors (Lipinski definition) is 3. The predicted molar refractivity (Wildman–Crippen MR) is 80.6 cm³/mol. The highest BCUT2D eigenvalue weighted by Crippen LogP contribution is 2.31. The third kappa shape index (κ3) is 2.87. The van der Waals surface area contributed by atoms with E-state index in [2.05, 4.69) is 6.07 Å². The quantitative estimate of drug-likeness (QED) is 0.843. The number of nitrogens with zero attached hydrogens (tertiary/aromatic N) is 1. The van der Waals surface area contributed by atoms with E-state index < -0.39 is 9.84 Å². The molecule has 0 saturated heterocycles. The standard InChI is InChI=1S/C15H18N2O3S/c1-11-8-12-4-2-3-5-14(12)17(11)15(18)9-16-13-6-7-21(19,20)10-13/h2-7,11,13,16H,8-10H2,1H3/p+1/t11-,13+/m1/s1. The summed E-state index contributed by atoms with van der Waals surface area (Å²) in [5.74, 6) is 0.122. The third-order valence-corrected chi connectivity index (χ3v) is 5.45. The Balaban J connectivity index is 1.65. The normalized spacial score (nSPS) is 26.0. The highest BCUT2D eigenvalue weighted by Gasteiger charge is 2.32. The number of anilines is 1. The fourth-order valence-corrected chi connectivity index (χ4v) is 4.38. The number of fused-ring (bicyclic) bond motifs is 1. The van der Waals surface area contributed by atoms with E-state index in [-0.39, 0.29) is 30.3 Å². The Labute approximate surface area is 124 Å². The van der Waals surface area contributed by atoms with Crippen LogP contribution in [0.4, 0.5) is 5.69 Å². The molecule has 0 bridgehead atoms. The molecule has 2 heterocycles. The van der Waals surface area contributed by atoms with E-state index in [1.54, 1.807) is 11.4 Å². The van der Waals surface area contributed by atoms with Gasteiger partial charge in [-0.25, -0.2) is 8.42 Å². The van der Waals surface area contributed by atoms with Crippen LogP contribution in [0.3, 0.4) is 0 Å². The Morgan fingerprint density at radius 1 is 1.38 bits per heavy atom. The number of carbonyl (C=O) groups is 1. The molecule has 0 saturated carbocycles. The van der Waals surface area contributed by atoms with Crippen LogP contribution in [0.1, 0.15) is 12.5 Å². The van der Waals surface area contributed by atoms with E-state index >= 15 is 0 Å². The second kappa shape index (κ2) is 5.27. The molecular formula is C15H19N2O3S+. The largest absolute Gasteiger partial charge is 0.332 e. The molecule has 1 amide bonds. The summed E-state index contributed by atoms with van der Waals surface area (Å²) in [5.41, 5.74) is 2.18. The van der Waals surface area contributed by atoms with Crippen LogP contribution < -0.4 is 10.2 Å². The SMILES string of the molecule is C[C@@H]1Cc2ccccc2N1C(=O)C[NH2+][C@H]1C=CS(=O)(=O)C1. The fraction of sp³-hybridized carbons (Fsp3) is 0.400. The Morgan fingerprint density at radius 2 is 2.14 bits per heavy atom. The highest BCUT2D eigenvalue weighted by molar-refractivity contribution is 7.94. The molecule has 0 radical (unpaired) electrons. The van der Waals surface area contributed by atoms with Gasteiger partial charge in [0.25, 0.3) is 5.91 Å². The van der Waals surface area contributed by atoms with E-state index in [1.165, 1.54) is 11.0 Å². The van der Waals surface area contributed by atoms with Crippen molar-refractivity contribution in [1.29, 1.82) is 0 Å². The molecule has 21 heavy (non-hydrogen) atoms. The number of benzene rings is 1. The molecule has 0 aromatic heterocycles. The van der Waals surface area contributed by atoms with Gasteiger partial charge >= 0.3 is 0 Å². The summed E-state index contributed by atoms with van der Waals surface area (Å²) in [4.78, 5) is 14.3. The van der Waals surface area contributed by atoms with Crippen LogP contribution in [-0.4, -0.2) is 38.7 Å². The number of sulfone groups is 1. The van der Waals surface area contributed by atoms with Crippen molar-refractivity contribution < 1.29 is 18.5 Å². The van der Waals surface area contributed by atoms with Gasteiger partial charge in [-0.3, -0.25) is 4.79 Å². The molecule has 5 nitrogen and oxygen atoms in total. The number of rotatable bonds is 3. The summed E-state index contributed by atoms with van der Waals surface area (Å²) in [6.07, 6.45) is 2.53. The molecule has 3 rings (SSSR count). The topological polar surface area (TPSA) is 71.1 Å². The van der Waals surface area contributed by atoms with Gasteiger partial charge in [-0.05, 0) is 31.1 Å². The van der Waals surface area contributed by atoms with E-state index in [4.69, 9.17) is 0 Å². The summed E-state index contributed by atoms with van der Waals surface area (Å²) in [6.45, 7) is 2.31. The molecule has 112 valence electrons. The monoisotopic (exact) mass is 307 g/mol. The molecule has 0 spiro atoms. The molecule has 2 aliphatic rings. The third-order valence-electron chi connectivity index (χ3n) is 4.03. The second-order valence-electron chi connectivity index (χ2n) is 5.71. The van der Waals surface area contributed by atoms with Gasteiger partial charge in [0.05, 0.1) is 0 Å². The first-order valence-corrected chi connectivity index (χ1v) is 8.82. The summed E-state index contributed by atoms with van der Waals surface area (Å²) in [7, 11) is -3.06. The smallest absolute Gasteiger partial charge is 0.282 e. The maximum Gasteiger partial charge on any atom is 0.282 e. The molecule has 1 aromatic rings. The minimum Gasteiger partial charge on any atom is -0.332 e. The van der Waals surface area contributed by atoms with Crippen LogP contribution in [0.5, 0.6) is 0 Å². The molecule has 0 aliphatic carbocycles. The Kier molecular flexibility index (Phi) is 3.59. The Hall–Kier alpha value is -1.66. The van der Waals surface area contributed by atoms with Crippen LogP contribution in [-0.2, 0) is 21.1 Å². The van der Waals surface area contributed by atoms with Gasteiger partial charge < -0.3 is 10.2 Å². The van der Waals surface area contributed by atoms with Crippen molar-refractivity contribution in [3.05, 3.63) is 41.3 Å². The predicted octanol–water partition coefficient (Wildman–Crippen LogP) is -0.162. The van der Waals surface area contributed by atoms with Crippen molar-refractivity contribution in [2.24, 2.45) is 0 Å². The highest BCUT2D eigenvalue weighted by atomic mass is 32.2. The summed E-state index contributed by atoms with van der Waals surface area (Å²) in [5, 5.41) is 3.05. The molecule has 0 fully saturated rings. The van der Waals surface area contributed by atoms with E-state index in [9.17, 15) is 13.2 Å². The lowest BCUT2D eigenvalue weighted by atomic mass is 10.1. The molecule has 2 atom stereocenters. The van der Waals surface area contributed by atoms with E-state index in [0.29, 0.717) is 0 Å². The Bertz CT molecular complexity index is 697. The summed E-state index contributed by atoms with van der Waals surface area (Å²) in [6, 6.07) is 7.96. The molecule has 2 aliphatic heterocycles. The van der Waals surface area contributed by atoms with E-state index in [1.807, 2.05) is 30.0 Å². The van der Waals surface area contributed by atoms with Crippen molar-refractivity contribution in [2.75, 3.05) is 17.2 Å². The minimum atomic E-state index is -3.06. The molecule has 1 aromatic carbocycles. The van der Waals surface area contributed by atoms with Crippen molar-refractivity contribution in [2.45, 2.75) is 25.4 Å². The van der Waals surface area contributed by atoms with Gasteiger partial charge in [0.2, 0.25) is 0 Å². The fourth-order valence-electron chi connectivity index (χ4n) is 3.04. The lowest BCUT2D eigenvalue weighted by Gasteiger charge is -2.22. The lowest BCUT2D eigenvalue weighted by Crippen LogP contribution is -2.92. The second-order valence-corrected chi connectivity index (χ2v) is 7.64. The minimum absolute atomic E-state index is 0.0325. The van der Waals surface area contributed by atoms with Crippen molar-refractivity contribution in [1.82, 2.24) is 0 Å². The summed E-state index contributed by atoms with van der Waals surface area (Å²) < 4.78 is 22.7. The van der Waals surface area contributed by atoms with E-state index in [0.717, 1.165) is 12.1 Å². The van der Waals surface area contributed by atoms with Crippen LogP contribution >= 0.6 is 0 Å². The molecule has 0 unspecified atom stereocenters. The molecular weight excluding hydrogens is 288 g/mol.